The van der Waals surface area contributed by atoms with Gasteiger partial charge in [-0.25, -0.2) is 4.98 Å². The molecule has 2 aromatic carbocycles. The number of para-hydroxylation sites is 1. The summed E-state index contributed by atoms with van der Waals surface area (Å²) in [5.41, 5.74) is 1.67. The molecule has 3 aromatic rings. The summed E-state index contributed by atoms with van der Waals surface area (Å²) in [6, 6.07) is 15.0. The molecule has 1 aliphatic heterocycles. The molecule has 1 unspecified atom stereocenters. The molecule has 0 saturated carbocycles. The van der Waals surface area contributed by atoms with E-state index in [1.54, 1.807) is 6.07 Å². The number of carbonyl (C=O) groups excluding carboxylic acids is 1. The average molecular weight is 397 g/mol. The molecule has 0 saturated heterocycles. The lowest BCUT2D eigenvalue weighted by Gasteiger charge is -2.20. The number of ether oxygens (including phenoxy) is 1. The van der Waals surface area contributed by atoms with E-state index in [2.05, 4.69) is 10.1 Å². The fourth-order valence-electron chi connectivity index (χ4n) is 2.89. The highest BCUT2D eigenvalue weighted by molar-refractivity contribution is 6.30. The van der Waals surface area contributed by atoms with Crippen molar-refractivity contribution in [1.29, 1.82) is 0 Å². The molecule has 1 amide bonds. The number of carbonyl (C=O) groups is 1. The summed E-state index contributed by atoms with van der Waals surface area (Å²) in [5.74, 6) is -0.175. The largest absolute Gasteiger partial charge is 0.446 e. The number of rotatable bonds is 3. The number of hydrazone groups is 1. The van der Waals surface area contributed by atoms with Crippen molar-refractivity contribution in [2.75, 3.05) is 0 Å². The SMILES string of the molecule is CC(=O)N1N=C(c2ccc([N+](=O)[O-])cc2)OC1c1cc2ccccc2nc1Cl. The molecule has 0 fully saturated rings. The highest BCUT2D eigenvalue weighted by atomic mass is 35.5. The highest BCUT2D eigenvalue weighted by Crippen LogP contribution is 2.35. The normalized spacial score (nSPS) is 16.0. The Labute approximate surface area is 164 Å². The number of nitrogens with zero attached hydrogens (tertiary/aromatic N) is 4. The van der Waals surface area contributed by atoms with Gasteiger partial charge in [-0.05, 0) is 24.3 Å². The zero-order chi connectivity index (χ0) is 19.8. The predicted molar refractivity (Wildman–Crippen MR) is 103 cm³/mol. The van der Waals surface area contributed by atoms with Crippen molar-refractivity contribution < 1.29 is 14.5 Å². The van der Waals surface area contributed by atoms with Crippen LogP contribution in [0.15, 0.2) is 59.7 Å². The molecule has 1 atom stereocenters. The molecule has 4 rings (SSSR count). The number of benzene rings is 2. The molecule has 28 heavy (non-hydrogen) atoms. The monoisotopic (exact) mass is 396 g/mol. The van der Waals surface area contributed by atoms with Gasteiger partial charge in [0.1, 0.15) is 5.15 Å². The number of non-ortho nitro benzene ring substituents is 1. The van der Waals surface area contributed by atoms with Crippen LogP contribution in [0.3, 0.4) is 0 Å². The third-order valence-electron chi connectivity index (χ3n) is 4.26. The Bertz CT molecular complexity index is 1130. The maximum absolute atomic E-state index is 12.1. The molecule has 0 N–H and O–H groups in total. The van der Waals surface area contributed by atoms with E-state index in [1.807, 2.05) is 24.3 Å². The molecule has 1 aliphatic rings. The van der Waals surface area contributed by atoms with Crippen molar-refractivity contribution in [1.82, 2.24) is 9.99 Å². The van der Waals surface area contributed by atoms with Gasteiger partial charge in [0.15, 0.2) is 0 Å². The second kappa shape index (κ2) is 6.90. The van der Waals surface area contributed by atoms with E-state index in [1.165, 1.54) is 36.2 Å². The van der Waals surface area contributed by atoms with Crippen LogP contribution in [0.5, 0.6) is 0 Å². The van der Waals surface area contributed by atoms with Crippen LogP contribution >= 0.6 is 11.6 Å². The van der Waals surface area contributed by atoms with Crippen LogP contribution in [0.25, 0.3) is 10.9 Å². The first-order valence-corrected chi connectivity index (χ1v) is 8.67. The lowest BCUT2D eigenvalue weighted by Crippen LogP contribution is -2.25. The maximum Gasteiger partial charge on any atom is 0.269 e. The Morgan fingerprint density at radius 1 is 1.21 bits per heavy atom. The van der Waals surface area contributed by atoms with Crippen LogP contribution in [0.4, 0.5) is 5.69 Å². The van der Waals surface area contributed by atoms with Crippen LogP contribution < -0.4 is 0 Å². The van der Waals surface area contributed by atoms with Gasteiger partial charge < -0.3 is 4.74 Å². The number of nitro groups is 1. The number of fused-ring (bicyclic) bond motifs is 1. The van der Waals surface area contributed by atoms with E-state index in [-0.39, 0.29) is 22.6 Å². The summed E-state index contributed by atoms with van der Waals surface area (Å²) in [4.78, 5) is 26.8. The zero-order valence-electron chi connectivity index (χ0n) is 14.6. The number of nitro benzene ring substituents is 1. The summed E-state index contributed by atoms with van der Waals surface area (Å²) >= 11 is 6.35. The fourth-order valence-corrected chi connectivity index (χ4v) is 3.13. The standard InChI is InChI=1S/C19H13ClN4O4/c1-11(25)23-19(15-10-13-4-2-3-5-16(13)21-17(15)20)28-18(22-23)12-6-8-14(9-7-12)24(26)27/h2-10,19H,1H3. The minimum atomic E-state index is -0.882. The molecule has 0 spiro atoms. The molecular weight excluding hydrogens is 384 g/mol. The van der Waals surface area contributed by atoms with Crippen LogP contribution in [0.2, 0.25) is 5.15 Å². The number of hydrogen-bond acceptors (Lipinski definition) is 6. The number of hydrogen-bond donors (Lipinski definition) is 0. The van der Waals surface area contributed by atoms with Crippen molar-refractivity contribution in [3.05, 3.63) is 81.0 Å². The molecule has 0 radical (unpaired) electrons. The van der Waals surface area contributed by atoms with E-state index < -0.39 is 11.2 Å². The van der Waals surface area contributed by atoms with Crippen molar-refractivity contribution in [3.63, 3.8) is 0 Å². The summed E-state index contributed by atoms with van der Waals surface area (Å²) in [7, 11) is 0. The molecule has 0 bridgehead atoms. The van der Waals surface area contributed by atoms with Crippen LogP contribution in [0, 0.1) is 10.1 Å². The molecule has 9 heteroatoms. The second-order valence-corrected chi connectivity index (χ2v) is 6.46. The first-order valence-electron chi connectivity index (χ1n) is 8.29. The number of pyridine rings is 1. The van der Waals surface area contributed by atoms with E-state index in [4.69, 9.17) is 16.3 Å². The second-order valence-electron chi connectivity index (χ2n) is 6.10. The smallest absolute Gasteiger partial charge is 0.269 e. The quantitative estimate of drug-likeness (QED) is 0.378. The third kappa shape index (κ3) is 3.14. The number of aromatic nitrogens is 1. The lowest BCUT2D eigenvalue weighted by atomic mass is 10.1. The summed E-state index contributed by atoms with van der Waals surface area (Å²) < 4.78 is 5.90. The minimum Gasteiger partial charge on any atom is -0.446 e. The first kappa shape index (κ1) is 17.9. The van der Waals surface area contributed by atoms with Gasteiger partial charge in [-0.1, -0.05) is 29.8 Å². The molecule has 1 aromatic heterocycles. The van der Waals surface area contributed by atoms with E-state index in [0.717, 1.165) is 10.9 Å². The van der Waals surface area contributed by atoms with E-state index in [9.17, 15) is 14.9 Å². The summed E-state index contributed by atoms with van der Waals surface area (Å²) in [6.07, 6.45) is -0.882. The maximum atomic E-state index is 12.1. The molecular formula is C19H13ClN4O4. The van der Waals surface area contributed by atoms with Crippen molar-refractivity contribution in [2.24, 2.45) is 5.10 Å². The molecule has 8 nitrogen and oxygen atoms in total. The van der Waals surface area contributed by atoms with Crippen LogP contribution in [-0.2, 0) is 9.53 Å². The van der Waals surface area contributed by atoms with Crippen molar-refractivity contribution >= 4 is 40.0 Å². The average Bonchev–Trinajstić information content (AvgIpc) is 3.13. The molecule has 140 valence electrons. The molecule has 0 aliphatic carbocycles. The Morgan fingerprint density at radius 2 is 1.93 bits per heavy atom. The molecule has 2 heterocycles. The minimum absolute atomic E-state index is 0.0518. The van der Waals surface area contributed by atoms with Gasteiger partial charge in [-0.2, -0.15) is 5.01 Å². The van der Waals surface area contributed by atoms with Gasteiger partial charge in [0, 0.05) is 30.0 Å². The Kier molecular flexibility index (Phi) is 4.40. The van der Waals surface area contributed by atoms with Gasteiger partial charge in [-0.15, -0.1) is 5.10 Å². The van der Waals surface area contributed by atoms with Crippen LogP contribution in [0.1, 0.15) is 24.3 Å². The Hall–Kier alpha value is -3.52. The highest BCUT2D eigenvalue weighted by Gasteiger charge is 2.35. The summed E-state index contributed by atoms with van der Waals surface area (Å²) in [6.45, 7) is 1.36. The summed E-state index contributed by atoms with van der Waals surface area (Å²) in [5, 5.41) is 17.3. The zero-order valence-corrected chi connectivity index (χ0v) is 15.3. The van der Waals surface area contributed by atoms with E-state index >= 15 is 0 Å². The van der Waals surface area contributed by atoms with Crippen molar-refractivity contribution in [3.8, 4) is 0 Å². The Morgan fingerprint density at radius 3 is 2.61 bits per heavy atom. The Balaban J connectivity index is 1.72. The van der Waals surface area contributed by atoms with Gasteiger partial charge in [0.05, 0.1) is 16.0 Å². The topological polar surface area (TPSA) is 97.9 Å². The van der Waals surface area contributed by atoms with Crippen LogP contribution in [-0.4, -0.2) is 26.7 Å². The lowest BCUT2D eigenvalue weighted by molar-refractivity contribution is -0.384. The predicted octanol–water partition coefficient (Wildman–Crippen LogP) is 4.04. The van der Waals surface area contributed by atoms with Gasteiger partial charge >= 0.3 is 0 Å². The van der Waals surface area contributed by atoms with Gasteiger partial charge in [0.25, 0.3) is 5.69 Å². The van der Waals surface area contributed by atoms with E-state index in [0.29, 0.717) is 11.1 Å². The first-order chi connectivity index (χ1) is 13.4. The van der Waals surface area contributed by atoms with Crippen molar-refractivity contribution in [2.45, 2.75) is 13.2 Å². The van der Waals surface area contributed by atoms with Gasteiger partial charge in [0.2, 0.25) is 18.0 Å². The van der Waals surface area contributed by atoms with Gasteiger partial charge in [-0.3, -0.25) is 14.9 Å². The number of halogens is 1. The third-order valence-corrected chi connectivity index (χ3v) is 4.57. The number of amides is 1. The fraction of sp³-hybridized carbons (Fsp3) is 0.105.